The Kier molecular flexibility index (Phi) is 9.40. The van der Waals surface area contributed by atoms with E-state index in [1.54, 1.807) is 43.5 Å². The molecule has 0 heterocycles. The van der Waals surface area contributed by atoms with Gasteiger partial charge in [0.25, 0.3) is 5.91 Å². The van der Waals surface area contributed by atoms with E-state index in [1.807, 2.05) is 25.1 Å². The molecule has 0 atom stereocenters. The molecule has 0 aliphatic carbocycles. The van der Waals surface area contributed by atoms with E-state index in [0.717, 1.165) is 11.1 Å². The molecule has 1 amide bonds. The van der Waals surface area contributed by atoms with Gasteiger partial charge in [0.15, 0.2) is 18.1 Å². The summed E-state index contributed by atoms with van der Waals surface area (Å²) in [4.78, 5) is 12.2. The van der Waals surface area contributed by atoms with Crippen LogP contribution in [0, 0.1) is 6.92 Å². The zero-order chi connectivity index (χ0) is 25.4. The third-order valence-electron chi connectivity index (χ3n) is 5.17. The van der Waals surface area contributed by atoms with Crippen LogP contribution in [0.4, 0.5) is 0 Å². The van der Waals surface area contributed by atoms with Crippen LogP contribution in [0.2, 0.25) is 10.0 Å². The maximum Gasteiger partial charge on any atom is 0.277 e. The highest BCUT2D eigenvalue weighted by Gasteiger charge is 2.11. The molecular weight excluding hydrogens is 487 g/mol. The van der Waals surface area contributed by atoms with E-state index in [9.17, 15) is 4.79 Å². The zero-order valence-corrected chi connectivity index (χ0v) is 21.6. The lowest BCUT2D eigenvalue weighted by molar-refractivity contribution is -0.123. The van der Waals surface area contributed by atoms with Crippen molar-refractivity contribution >= 4 is 35.3 Å². The summed E-state index contributed by atoms with van der Waals surface area (Å²) in [6, 6.07) is 16.6. The molecule has 0 radical (unpaired) electrons. The highest BCUT2D eigenvalue weighted by molar-refractivity contribution is 6.35. The van der Waals surface area contributed by atoms with Crippen LogP contribution in [0.3, 0.4) is 0 Å². The molecule has 0 fully saturated rings. The third-order valence-corrected chi connectivity index (χ3v) is 5.88. The lowest BCUT2D eigenvalue weighted by Gasteiger charge is -2.14. The van der Waals surface area contributed by atoms with Gasteiger partial charge >= 0.3 is 0 Å². The van der Waals surface area contributed by atoms with Crippen molar-refractivity contribution in [3.05, 3.63) is 86.9 Å². The number of rotatable bonds is 10. The van der Waals surface area contributed by atoms with E-state index in [2.05, 4.69) is 24.4 Å². The summed E-state index contributed by atoms with van der Waals surface area (Å²) in [5.41, 5.74) is 6.01. The van der Waals surface area contributed by atoms with Gasteiger partial charge in [0.05, 0.1) is 13.3 Å². The summed E-state index contributed by atoms with van der Waals surface area (Å²) in [5.74, 6) is 1.67. The largest absolute Gasteiger partial charge is 0.493 e. The average molecular weight is 515 g/mol. The highest BCUT2D eigenvalue weighted by atomic mass is 35.5. The molecule has 6 nitrogen and oxygen atoms in total. The maximum absolute atomic E-state index is 12.2. The van der Waals surface area contributed by atoms with Crippen molar-refractivity contribution in [2.24, 2.45) is 5.10 Å². The molecule has 35 heavy (non-hydrogen) atoms. The third kappa shape index (κ3) is 7.38. The van der Waals surface area contributed by atoms with Gasteiger partial charge in [-0.2, -0.15) is 5.10 Å². The molecule has 0 unspecified atom stereocenters. The summed E-state index contributed by atoms with van der Waals surface area (Å²) < 4.78 is 17.0. The topological polar surface area (TPSA) is 69.2 Å². The zero-order valence-electron chi connectivity index (χ0n) is 20.1. The summed E-state index contributed by atoms with van der Waals surface area (Å²) in [6.07, 6.45) is 1.52. The number of hydrazone groups is 1. The van der Waals surface area contributed by atoms with Crippen LogP contribution in [-0.4, -0.2) is 25.8 Å². The molecule has 3 aromatic carbocycles. The second kappa shape index (κ2) is 12.5. The number of halogens is 2. The molecule has 8 heteroatoms. The molecule has 3 rings (SSSR count). The Morgan fingerprint density at radius 1 is 1.00 bits per heavy atom. The fourth-order valence-corrected chi connectivity index (χ4v) is 3.81. The predicted molar refractivity (Wildman–Crippen MR) is 140 cm³/mol. The number of carbonyl (C=O) groups excluding carboxylic acids is 1. The minimum absolute atomic E-state index is 0.138. The number of benzene rings is 3. The van der Waals surface area contributed by atoms with Gasteiger partial charge in [0.2, 0.25) is 0 Å². The summed E-state index contributed by atoms with van der Waals surface area (Å²) in [5, 5.41) is 5.08. The second-order valence-corrected chi connectivity index (χ2v) is 8.99. The van der Waals surface area contributed by atoms with Crippen LogP contribution in [0.5, 0.6) is 17.2 Å². The average Bonchev–Trinajstić information content (AvgIpc) is 2.82. The monoisotopic (exact) mass is 514 g/mol. The fourth-order valence-electron chi connectivity index (χ4n) is 3.30. The molecule has 0 aliphatic rings. The Hall–Kier alpha value is -3.22. The lowest BCUT2D eigenvalue weighted by atomic mass is 10.0. The normalized spacial score (nSPS) is 11.1. The second-order valence-electron chi connectivity index (χ2n) is 8.18. The van der Waals surface area contributed by atoms with E-state index >= 15 is 0 Å². The van der Waals surface area contributed by atoms with Gasteiger partial charge in [-0.05, 0) is 65.9 Å². The van der Waals surface area contributed by atoms with Crippen molar-refractivity contribution in [2.45, 2.75) is 33.3 Å². The molecule has 0 bridgehead atoms. The van der Waals surface area contributed by atoms with Crippen LogP contribution < -0.4 is 19.6 Å². The van der Waals surface area contributed by atoms with E-state index in [4.69, 9.17) is 37.4 Å². The number of nitrogens with zero attached hydrogens (tertiary/aromatic N) is 1. The molecule has 0 aliphatic heterocycles. The van der Waals surface area contributed by atoms with Crippen LogP contribution in [0.1, 0.15) is 42.0 Å². The quantitative estimate of drug-likeness (QED) is 0.246. The van der Waals surface area contributed by atoms with Gasteiger partial charge in [-0.1, -0.05) is 55.2 Å². The van der Waals surface area contributed by atoms with Gasteiger partial charge in [0.1, 0.15) is 12.4 Å². The molecule has 184 valence electrons. The minimum Gasteiger partial charge on any atom is -0.493 e. The number of aryl methyl sites for hydroxylation is 1. The minimum atomic E-state index is -0.360. The first-order valence-corrected chi connectivity index (χ1v) is 11.8. The molecule has 3 aromatic rings. The van der Waals surface area contributed by atoms with Gasteiger partial charge < -0.3 is 14.2 Å². The van der Waals surface area contributed by atoms with E-state index in [-0.39, 0.29) is 25.0 Å². The van der Waals surface area contributed by atoms with Crippen LogP contribution in [0.15, 0.2) is 59.7 Å². The Bertz CT molecular complexity index is 1190. The smallest absolute Gasteiger partial charge is 0.277 e. The number of amides is 1. The van der Waals surface area contributed by atoms with Crippen molar-refractivity contribution < 1.29 is 19.0 Å². The summed E-state index contributed by atoms with van der Waals surface area (Å²) in [7, 11) is 1.54. The molecule has 0 saturated carbocycles. The Morgan fingerprint density at radius 3 is 2.43 bits per heavy atom. The van der Waals surface area contributed by atoms with Crippen molar-refractivity contribution in [3.8, 4) is 17.2 Å². The molecule has 1 N–H and O–H groups in total. The number of nitrogens with one attached hydrogen (secondary N) is 1. The van der Waals surface area contributed by atoms with Crippen LogP contribution in [-0.2, 0) is 11.4 Å². The highest BCUT2D eigenvalue weighted by Crippen LogP contribution is 2.31. The summed E-state index contributed by atoms with van der Waals surface area (Å²) >= 11 is 12.4. The Balaban J connectivity index is 1.57. The van der Waals surface area contributed by atoms with Gasteiger partial charge in [-0.15, -0.1) is 0 Å². The number of hydrogen-bond donors (Lipinski definition) is 1. The maximum atomic E-state index is 12.2. The Labute approximate surface area is 215 Å². The van der Waals surface area contributed by atoms with Crippen LogP contribution >= 0.6 is 23.2 Å². The first kappa shape index (κ1) is 26.4. The fraction of sp³-hybridized carbons (Fsp3) is 0.259. The number of carbonyl (C=O) groups is 1. The standard InChI is InChI=1S/C27H28Cl2N2O4/c1-17(2)20-10-8-18(3)12-25(20)35-16-27(32)31-30-14-19-9-11-24(26(13-19)33-4)34-15-21-22(28)6-5-7-23(21)29/h5-14,17H,15-16H2,1-4H3,(H,31,32)/b30-14+. The predicted octanol–water partition coefficient (Wildman–Crippen LogP) is 6.54. The van der Waals surface area contributed by atoms with Gasteiger partial charge in [-0.3, -0.25) is 4.79 Å². The van der Waals surface area contributed by atoms with Gasteiger partial charge in [0, 0.05) is 15.6 Å². The first-order valence-electron chi connectivity index (χ1n) is 11.1. The van der Waals surface area contributed by atoms with E-state index in [0.29, 0.717) is 38.4 Å². The molecule has 0 aromatic heterocycles. The van der Waals surface area contributed by atoms with E-state index < -0.39 is 0 Å². The van der Waals surface area contributed by atoms with Crippen molar-refractivity contribution in [1.82, 2.24) is 5.43 Å². The Morgan fingerprint density at radius 2 is 1.74 bits per heavy atom. The summed E-state index contributed by atoms with van der Waals surface area (Å²) in [6.45, 7) is 6.20. The van der Waals surface area contributed by atoms with E-state index in [1.165, 1.54) is 6.21 Å². The molecular formula is C27H28Cl2N2O4. The van der Waals surface area contributed by atoms with Crippen LogP contribution in [0.25, 0.3) is 0 Å². The molecule has 0 saturated heterocycles. The van der Waals surface area contributed by atoms with Gasteiger partial charge in [-0.25, -0.2) is 5.43 Å². The SMILES string of the molecule is COc1cc(/C=N/NC(=O)COc2cc(C)ccc2C(C)C)ccc1OCc1c(Cl)cccc1Cl. The molecule has 0 spiro atoms. The van der Waals surface area contributed by atoms with Crippen molar-refractivity contribution in [3.63, 3.8) is 0 Å². The number of ether oxygens (including phenoxy) is 3. The lowest BCUT2D eigenvalue weighted by Crippen LogP contribution is -2.25. The van der Waals surface area contributed by atoms with Crippen molar-refractivity contribution in [1.29, 1.82) is 0 Å². The number of methoxy groups -OCH3 is 1. The van der Waals surface area contributed by atoms with Crippen molar-refractivity contribution in [2.75, 3.05) is 13.7 Å². The first-order chi connectivity index (χ1) is 16.8. The number of hydrogen-bond acceptors (Lipinski definition) is 5.